The lowest BCUT2D eigenvalue weighted by molar-refractivity contribution is -0.145. The lowest BCUT2D eigenvalue weighted by Crippen LogP contribution is -2.33. The monoisotopic (exact) mass is 458 g/mol. The molecule has 0 aliphatic heterocycles. The van der Waals surface area contributed by atoms with Crippen molar-refractivity contribution in [3.63, 3.8) is 0 Å². The molecule has 0 saturated heterocycles. The van der Waals surface area contributed by atoms with Crippen LogP contribution in [0.2, 0.25) is 5.02 Å². The Bertz CT molecular complexity index is 1130. The van der Waals surface area contributed by atoms with E-state index >= 15 is 0 Å². The van der Waals surface area contributed by atoms with E-state index in [0.717, 1.165) is 21.7 Å². The van der Waals surface area contributed by atoms with Crippen LogP contribution in [0.1, 0.15) is 41.9 Å². The molecule has 0 radical (unpaired) electrons. The van der Waals surface area contributed by atoms with Gasteiger partial charge in [0, 0.05) is 11.9 Å². The number of carboxylic acid groups (broad SMARTS) is 1. The average molecular weight is 459 g/mol. The first-order valence-electron chi connectivity index (χ1n) is 10.0. The van der Waals surface area contributed by atoms with E-state index in [-0.39, 0.29) is 5.92 Å². The van der Waals surface area contributed by atoms with Gasteiger partial charge in [-0.05, 0) is 62.8 Å². The first-order chi connectivity index (χ1) is 14.7. The molecule has 0 amide bonds. The summed E-state index contributed by atoms with van der Waals surface area (Å²) in [5.74, 6) is -0.710. The Balaban J connectivity index is 1.56. The van der Waals surface area contributed by atoms with Crippen molar-refractivity contribution in [2.75, 3.05) is 5.32 Å². The molecule has 0 atom stereocenters. The molecule has 4 rings (SSSR count). The normalized spacial score (nSPS) is 21.1. The van der Waals surface area contributed by atoms with E-state index in [1.54, 1.807) is 12.4 Å². The van der Waals surface area contributed by atoms with Gasteiger partial charge in [-0.1, -0.05) is 17.7 Å². The highest BCUT2D eigenvalue weighted by molar-refractivity contribution is 7.15. The molecule has 162 valence electrons. The molecule has 3 N–H and O–H groups in total. The number of hydrogen-bond donors (Lipinski definition) is 3. The smallest absolute Gasteiger partial charge is 0.306 e. The number of carboxylic acids is 1. The summed E-state index contributed by atoms with van der Waals surface area (Å²) < 4.78 is 0. The Labute approximate surface area is 189 Å². The average Bonchev–Trinajstić information content (AvgIpc) is 3.22. The third-order valence-electron chi connectivity index (χ3n) is 5.60. The zero-order valence-electron chi connectivity index (χ0n) is 17.2. The Kier molecular flexibility index (Phi) is 5.96. The number of aryl methyl sites for hydroxylation is 2. The number of aromatic nitrogens is 3. The highest BCUT2D eigenvalue weighted by Gasteiger charge is 2.39. The minimum absolute atomic E-state index is 0.385. The molecule has 7 nitrogen and oxygen atoms in total. The summed E-state index contributed by atoms with van der Waals surface area (Å²) in [4.78, 5) is 25.2. The molecule has 1 fully saturated rings. The number of thiazole rings is 1. The molecule has 1 saturated carbocycles. The molecule has 2 heterocycles. The van der Waals surface area contributed by atoms with Crippen molar-refractivity contribution in [3.8, 4) is 10.4 Å². The fourth-order valence-electron chi connectivity index (χ4n) is 3.82. The van der Waals surface area contributed by atoms with Crippen LogP contribution in [-0.4, -0.2) is 31.1 Å². The standard InChI is InChI=1S/C22H23ClN4O3S/c1-12-7-15(9-16(8-12)27-21-25-10-17(23)13(2)26-21)18-11-24-20(31-18)22(30)5-3-14(4-6-22)19(28)29/h7-11,14,30H,3-6H2,1-2H3,(H,28,29)(H,25,26,27)/t14-,22+. The Morgan fingerprint density at radius 1 is 1.19 bits per heavy atom. The number of aliphatic carboxylic acids is 1. The van der Waals surface area contributed by atoms with Gasteiger partial charge in [0.1, 0.15) is 10.6 Å². The minimum atomic E-state index is -1.06. The van der Waals surface area contributed by atoms with Gasteiger partial charge < -0.3 is 15.5 Å². The molecular weight excluding hydrogens is 436 g/mol. The Hall–Kier alpha value is -2.55. The second kappa shape index (κ2) is 8.53. The van der Waals surface area contributed by atoms with Gasteiger partial charge in [0.05, 0.1) is 27.7 Å². The van der Waals surface area contributed by atoms with E-state index in [0.29, 0.717) is 47.4 Å². The highest BCUT2D eigenvalue weighted by Crippen LogP contribution is 2.43. The van der Waals surface area contributed by atoms with Crippen molar-refractivity contribution in [3.05, 3.63) is 51.9 Å². The molecule has 2 aromatic heterocycles. The van der Waals surface area contributed by atoms with Gasteiger partial charge in [0.15, 0.2) is 0 Å². The summed E-state index contributed by atoms with van der Waals surface area (Å²) in [5, 5.41) is 24.6. The number of hydrogen-bond acceptors (Lipinski definition) is 7. The summed E-state index contributed by atoms with van der Waals surface area (Å²) in [7, 11) is 0. The molecule has 0 spiro atoms. The van der Waals surface area contributed by atoms with E-state index in [9.17, 15) is 15.0 Å². The van der Waals surface area contributed by atoms with Crippen LogP contribution in [0.5, 0.6) is 0 Å². The van der Waals surface area contributed by atoms with Gasteiger partial charge >= 0.3 is 5.97 Å². The maximum atomic E-state index is 11.2. The summed E-state index contributed by atoms with van der Waals surface area (Å²) in [6.07, 6.45) is 5.07. The third kappa shape index (κ3) is 4.71. The van der Waals surface area contributed by atoms with Crippen molar-refractivity contribution in [1.29, 1.82) is 0 Å². The summed E-state index contributed by atoms with van der Waals surface area (Å²) in [5.41, 5.74) is 2.51. The second-order valence-electron chi connectivity index (χ2n) is 8.01. The predicted molar refractivity (Wildman–Crippen MR) is 121 cm³/mol. The molecule has 1 aliphatic carbocycles. The SMILES string of the molecule is Cc1cc(Nc2ncc(Cl)c(C)n2)cc(-c2cnc([C@]3(O)CC[C@@H](C(=O)O)CC3)s2)c1. The first-order valence-corrected chi connectivity index (χ1v) is 11.2. The maximum absolute atomic E-state index is 11.2. The number of aliphatic hydroxyl groups is 1. The van der Waals surface area contributed by atoms with Crippen LogP contribution >= 0.6 is 22.9 Å². The summed E-state index contributed by atoms with van der Waals surface area (Å²) >= 11 is 7.45. The number of rotatable bonds is 5. The van der Waals surface area contributed by atoms with Crippen molar-refractivity contribution < 1.29 is 15.0 Å². The maximum Gasteiger partial charge on any atom is 0.306 e. The van der Waals surface area contributed by atoms with Gasteiger partial charge in [-0.2, -0.15) is 0 Å². The van der Waals surface area contributed by atoms with Crippen molar-refractivity contribution in [2.24, 2.45) is 5.92 Å². The zero-order valence-corrected chi connectivity index (χ0v) is 18.8. The predicted octanol–water partition coefficient (Wildman–Crippen LogP) is 5.08. The Morgan fingerprint density at radius 2 is 1.94 bits per heavy atom. The number of carbonyl (C=O) groups is 1. The number of benzene rings is 1. The number of nitrogens with zero attached hydrogens (tertiary/aromatic N) is 3. The fourth-order valence-corrected chi connectivity index (χ4v) is 4.96. The lowest BCUT2D eigenvalue weighted by Gasteiger charge is -2.32. The van der Waals surface area contributed by atoms with Crippen molar-refractivity contribution >= 4 is 40.5 Å². The Morgan fingerprint density at radius 3 is 2.61 bits per heavy atom. The van der Waals surface area contributed by atoms with Crippen LogP contribution in [0.15, 0.2) is 30.6 Å². The summed E-state index contributed by atoms with van der Waals surface area (Å²) in [6, 6.07) is 6.05. The van der Waals surface area contributed by atoms with Gasteiger partial charge in [0.2, 0.25) is 5.95 Å². The van der Waals surface area contributed by atoms with Gasteiger partial charge in [-0.3, -0.25) is 4.79 Å². The van der Waals surface area contributed by atoms with E-state index in [1.165, 1.54) is 11.3 Å². The second-order valence-corrected chi connectivity index (χ2v) is 9.45. The van der Waals surface area contributed by atoms with Crippen molar-refractivity contribution in [1.82, 2.24) is 15.0 Å². The van der Waals surface area contributed by atoms with Gasteiger partial charge in [-0.15, -0.1) is 11.3 Å². The lowest BCUT2D eigenvalue weighted by atomic mass is 9.79. The minimum Gasteiger partial charge on any atom is -0.481 e. The number of anilines is 2. The summed E-state index contributed by atoms with van der Waals surface area (Å²) in [6.45, 7) is 3.83. The molecular formula is C22H23ClN4O3S. The molecule has 0 bridgehead atoms. The van der Waals surface area contributed by atoms with E-state index in [2.05, 4.69) is 26.3 Å². The number of nitrogens with one attached hydrogen (secondary N) is 1. The molecule has 9 heteroatoms. The van der Waals surface area contributed by atoms with Crippen LogP contribution in [0.4, 0.5) is 11.6 Å². The van der Waals surface area contributed by atoms with Crippen LogP contribution in [0, 0.1) is 19.8 Å². The molecule has 0 unspecified atom stereocenters. The molecule has 31 heavy (non-hydrogen) atoms. The quantitative estimate of drug-likeness (QED) is 0.489. The fraction of sp³-hybridized carbons (Fsp3) is 0.364. The van der Waals surface area contributed by atoms with Gasteiger partial charge in [-0.25, -0.2) is 15.0 Å². The largest absolute Gasteiger partial charge is 0.481 e. The number of halogens is 1. The van der Waals surface area contributed by atoms with E-state index < -0.39 is 11.6 Å². The third-order valence-corrected chi connectivity index (χ3v) is 7.21. The van der Waals surface area contributed by atoms with Crippen LogP contribution in [0.3, 0.4) is 0 Å². The first kappa shape index (κ1) is 21.7. The van der Waals surface area contributed by atoms with Crippen molar-refractivity contribution in [2.45, 2.75) is 45.1 Å². The van der Waals surface area contributed by atoms with E-state index in [4.69, 9.17) is 11.6 Å². The van der Waals surface area contributed by atoms with Crippen LogP contribution in [0.25, 0.3) is 10.4 Å². The van der Waals surface area contributed by atoms with Gasteiger partial charge in [0.25, 0.3) is 0 Å². The van der Waals surface area contributed by atoms with E-state index in [1.807, 2.05) is 26.0 Å². The molecule has 3 aromatic rings. The highest BCUT2D eigenvalue weighted by atomic mass is 35.5. The molecule has 1 aromatic carbocycles. The van der Waals surface area contributed by atoms with Crippen LogP contribution < -0.4 is 5.32 Å². The van der Waals surface area contributed by atoms with Crippen LogP contribution in [-0.2, 0) is 10.4 Å². The molecule has 1 aliphatic rings. The zero-order chi connectivity index (χ0) is 22.2. The topological polar surface area (TPSA) is 108 Å².